The smallest absolute Gasteiger partial charge is 0.296 e. The van der Waals surface area contributed by atoms with Gasteiger partial charge in [0.1, 0.15) is 0 Å². The number of carbonyl (C=O) groups excluding carboxylic acids is 1. The lowest BCUT2D eigenvalue weighted by Crippen LogP contribution is -2.21. The zero-order valence-electron chi connectivity index (χ0n) is 9.40. The Bertz CT molecular complexity index is 294. The molecule has 0 bridgehead atoms. The van der Waals surface area contributed by atoms with Crippen molar-refractivity contribution in [1.29, 1.82) is 0 Å². The lowest BCUT2D eigenvalue weighted by molar-refractivity contribution is -0.134. The minimum Gasteiger partial charge on any atom is -0.522 e. The molecular formula is C12H18O2Si. The maximum atomic E-state index is 11.6. The van der Waals surface area contributed by atoms with E-state index in [4.69, 9.17) is 4.43 Å². The summed E-state index contributed by atoms with van der Waals surface area (Å²) in [7, 11) is -1.24. The van der Waals surface area contributed by atoms with Gasteiger partial charge in [0.15, 0.2) is 0 Å². The summed E-state index contributed by atoms with van der Waals surface area (Å²) >= 11 is 0. The second kappa shape index (κ2) is 6.40. The van der Waals surface area contributed by atoms with E-state index in [-0.39, 0.29) is 5.97 Å². The fourth-order valence-electron chi connectivity index (χ4n) is 1.45. The predicted octanol–water partition coefficient (Wildman–Crippen LogP) is 2.54. The average Bonchev–Trinajstić information content (AvgIpc) is 2.27. The molecule has 2 nitrogen and oxygen atoms in total. The van der Waals surface area contributed by atoms with Crippen LogP contribution in [-0.2, 0) is 15.6 Å². The van der Waals surface area contributed by atoms with Crippen LogP contribution in [0.3, 0.4) is 0 Å². The van der Waals surface area contributed by atoms with Crippen LogP contribution in [0.2, 0.25) is 12.1 Å². The second-order valence-electron chi connectivity index (χ2n) is 3.59. The van der Waals surface area contributed by atoms with Crippen LogP contribution in [0.25, 0.3) is 0 Å². The van der Waals surface area contributed by atoms with Crippen molar-refractivity contribution in [2.75, 3.05) is 0 Å². The Labute approximate surface area is 93.0 Å². The highest BCUT2D eigenvalue weighted by Gasteiger charge is 2.12. The number of benzene rings is 1. The van der Waals surface area contributed by atoms with Gasteiger partial charge in [0.25, 0.3) is 5.97 Å². The molecule has 0 fully saturated rings. The third-order valence-electron chi connectivity index (χ3n) is 2.40. The predicted molar refractivity (Wildman–Crippen MR) is 64.3 cm³/mol. The van der Waals surface area contributed by atoms with Crippen LogP contribution in [0.1, 0.15) is 19.4 Å². The van der Waals surface area contributed by atoms with Crippen molar-refractivity contribution in [3.8, 4) is 0 Å². The van der Waals surface area contributed by atoms with Crippen LogP contribution in [0.15, 0.2) is 30.3 Å². The summed E-state index contributed by atoms with van der Waals surface area (Å²) in [5, 5.41) is 0. The fraction of sp³-hybridized carbons (Fsp3) is 0.417. The zero-order chi connectivity index (χ0) is 11.1. The largest absolute Gasteiger partial charge is 0.522 e. The van der Waals surface area contributed by atoms with Gasteiger partial charge in [-0.25, -0.2) is 0 Å². The maximum Gasteiger partial charge on any atom is 0.296 e. The lowest BCUT2D eigenvalue weighted by Gasteiger charge is -2.12. The normalized spacial score (nSPS) is 10.3. The van der Waals surface area contributed by atoms with Gasteiger partial charge in [-0.3, -0.25) is 4.79 Å². The Morgan fingerprint density at radius 1 is 1.20 bits per heavy atom. The minimum absolute atomic E-state index is 0.0680. The molecule has 0 unspecified atom stereocenters. The lowest BCUT2D eigenvalue weighted by atomic mass is 10.2. The van der Waals surface area contributed by atoms with Crippen LogP contribution in [-0.4, -0.2) is 15.0 Å². The van der Waals surface area contributed by atoms with Crippen molar-refractivity contribution >= 4 is 15.0 Å². The molecule has 1 aromatic carbocycles. The molecule has 0 aromatic heterocycles. The van der Waals surface area contributed by atoms with Crippen molar-refractivity contribution in [3.63, 3.8) is 0 Å². The van der Waals surface area contributed by atoms with Crippen molar-refractivity contribution in [1.82, 2.24) is 0 Å². The molecule has 1 rings (SSSR count). The first kappa shape index (κ1) is 12.0. The first-order valence-electron chi connectivity index (χ1n) is 5.49. The highest BCUT2D eigenvalue weighted by Crippen LogP contribution is 2.05. The third-order valence-corrected chi connectivity index (χ3v) is 4.82. The Morgan fingerprint density at radius 3 is 2.33 bits per heavy atom. The molecule has 0 saturated carbocycles. The van der Waals surface area contributed by atoms with Gasteiger partial charge in [-0.2, -0.15) is 0 Å². The van der Waals surface area contributed by atoms with Gasteiger partial charge in [-0.15, -0.1) is 0 Å². The summed E-state index contributed by atoms with van der Waals surface area (Å²) < 4.78 is 5.45. The van der Waals surface area contributed by atoms with Crippen molar-refractivity contribution in [3.05, 3.63) is 35.9 Å². The average molecular weight is 222 g/mol. The zero-order valence-corrected chi connectivity index (χ0v) is 10.6. The minimum atomic E-state index is -1.24. The quantitative estimate of drug-likeness (QED) is 0.716. The maximum absolute atomic E-state index is 11.6. The summed E-state index contributed by atoms with van der Waals surface area (Å²) in [6.45, 7) is 4.19. The molecule has 0 heterocycles. The third kappa shape index (κ3) is 4.30. The van der Waals surface area contributed by atoms with E-state index in [0.717, 1.165) is 17.7 Å². The molecule has 1 aromatic rings. The molecule has 0 amide bonds. The van der Waals surface area contributed by atoms with Gasteiger partial charge in [0.2, 0.25) is 9.04 Å². The van der Waals surface area contributed by atoms with E-state index in [2.05, 4.69) is 13.8 Å². The van der Waals surface area contributed by atoms with Gasteiger partial charge in [-0.05, 0) is 17.7 Å². The highest BCUT2D eigenvalue weighted by molar-refractivity contribution is 6.53. The number of hydrogen-bond donors (Lipinski definition) is 0. The van der Waals surface area contributed by atoms with E-state index in [0.29, 0.717) is 6.42 Å². The Hall–Kier alpha value is -1.09. The van der Waals surface area contributed by atoms with Crippen molar-refractivity contribution < 1.29 is 9.22 Å². The molecule has 0 saturated heterocycles. The van der Waals surface area contributed by atoms with E-state index in [1.807, 2.05) is 30.3 Å². The van der Waals surface area contributed by atoms with E-state index < -0.39 is 9.04 Å². The van der Waals surface area contributed by atoms with Gasteiger partial charge in [-0.1, -0.05) is 44.2 Å². The Morgan fingerprint density at radius 2 is 1.80 bits per heavy atom. The molecule has 0 N–H and O–H groups in total. The molecule has 0 spiro atoms. The van der Waals surface area contributed by atoms with Crippen LogP contribution < -0.4 is 0 Å². The van der Waals surface area contributed by atoms with Crippen LogP contribution >= 0.6 is 0 Å². The molecular weight excluding hydrogens is 204 g/mol. The topological polar surface area (TPSA) is 26.3 Å². The number of carbonyl (C=O) groups is 1. The standard InChI is InChI=1S/C12H18O2Si/c1-3-15(4-2)14-12(13)10-11-8-6-5-7-9-11/h5-9,15H,3-4,10H2,1-2H3. The van der Waals surface area contributed by atoms with E-state index in [1.165, 1.54) is 0 Å². The molecule has 0 aliphatic carbocycles. The van der Waals surface area contributed by atoms with E-state index >= 15 is 0 Å². The molecule has 15 heavy (non-hydrogen) atoms. The van der Waals surface area contributed by atoms with Crippen LogP contribution in [0.4, 0.5) is 0 Å². The fourth-order valence-corrected chi connectivity index (χ4v) is 2.81. The molecule has 0 aliphatic heterocycles. The molecule has 0 atom stereocenters. The Balaban J connectivity index is 2.43. The molecule has 0 aliphatic rings. The van der Waals surface area contributed by atoms with Crippen LogP contribution in [0.5, 0.6) is 0 Å². The van der Waals surface area contributed by atoms with Crippen molar-refractivity contribution in [2.45, 2.75) is 32.4 Å². The number of hydrogen-bond acceptors (Lipinski definition) is 2. The highest BCUT2D eigenvalue weighted by atomic mass is 28.3. The van der Waals surface area contributed by atoms with Crippen molar-refractivity contribution in [2.24, 2.45) is 0 Å². The van der Waals surface area contributed by atoms with Crippen LogP contribution in [0, 0.1) is 0 Å². The van der Waals surface area contributed by atoms with Gasteiger partial charge in [0, 0.05) is 0 Å². The summed E-state index contributed by atoms with van der Waals surface area (Å²) in [5.74, 6) is -0.0680. The molecule has 0 radical (unpaired) electrons. The Kier molecular flexibility index (Phi) is 5.11. The van der Waals surface area contributed by atoms with E-state index in [9.17, 15) is 4.79 Å². The van der Waals surface area contributed by atoms with E-state index in [1.54, 1.807) is 0 Å². The summed E-state index contributed by atoms with van der Waals surface area (Å²) in [6.07, 6.45) is 0.407. The first-order chi connectivity index (χ1) is 7.26. The summed E-state index contributed by atoms with van der Waals surface area (Å²) in [4.78, 5) is 11.6. The van der Waals surface area contributed by atoms with Gasteiger partial charge < -0.3 is 4.43 Å². The van der Waals surface area contributed by atoms with Gasteiger partial charge in [0.05, 0.1) is 6.42 Å². The monoisotopic (exact) mass is 222 g/mol. The molecule has 3 heteroatoms. The summed E-state index contributed by atoms with van der Waals surface area (Å²) in [6, 6.07) is 11.8. The summed E-state index contributed by atoms with van der Waals surface area (Å²) in [5.41, 5.74) is 1.03. The SMILES string of the molecule is CC[SiH](CC)OC(=O)Cc1ccccc1. The second-order valence-corrected chi connectivity index (χ2v) is 6.70. The van der Waals surface area contributed by atoms with Gasteiger partial charge >= 0.3 is 0 Å². The molecule has 82 valence electrons. The first-order valence-corrected chi connectivity index (χ1v) is 7.60. The number of rotatable bonds is 5.